The summed E-state index contributed by atoms with van der Waals surface area (Å²) in [7, 11) is -3.38. The highest BCUT2D eigenvalue weighted by Gasteiger charge is 2.13. The van der Waals surface area contributed by atoms with Crippen molar-refractivity contribution >= 4 is 33.3 Å². The minimum atomic E-state index is -3.38. The van der Waals surface area contributed by atoms with Gasteiger partial charge in [0.25, 0.3) is 0 Å². The normalized spacial score (nSPS) is 11.5. The molecule has 0 heterocycles. The fourth-order valence-electron chi connectivity index (χ4n) is 1.82. The third kappa shape index (κ3) is 6.92. The van der Waals surface area contributed by atoms with Gasteiger partial charge in [0.15, 0.2) is 9.84 Å². The summed E-state index contributed by atoms with van der Waals surface area (Å²) in [5.74, 6) is -0.115. The first kappa shape index (κ1) is 19.5. The number of anilines is 2. The summed E-state index contributed by atoms with van der Waals surface area (Å²) >= 11 is 1.04. The number of benzene rings is 2. The van der Waals surface area contributed by atoms with Crippen LogP contribution in [0.3, 0.4) is 0 Å². The first-order chi connectivity index (χ1) is 12.0. The zero-order valence-electron chi connectivity index (χ0n) is 13.5. The molecule has 136 valence electrons. The van der Waals surface area contributed by atoms with E-state index in [-0.39, 0.29) is 30.5 Å². The van der Waals surface area contributed by atoms with Gasteiger partial charge in [-0.1, -0.05) is 6.07 Å². The summed E-state index contributed by atoms with van der Waals surface area (Å²) in [4.78, 5) is 5.98. The molecule has 0 aliphatic rings. The number of hydrogen-bond acceptors (Lipinski definition) is 8. The van der Waals surface area contributed by atoms with Crippen LogP contribution in [0.5, 0.6) is 0 Å². The molecular formula is C16H20N2O5S2. The highest BCUT2D eigenvalue weighted by atomic mass is 32.2. The smallest absolute Gasteiger partial charge is 0.180 e. The molecule has 2 aromatic rings. The van der Waals surface area contributed by atoms with Crippen molar-refractivity contribution in [3.63, 3.8) is 0 Å². The highest BCUT2D eigenvalue weighted by Crippen LogP contribution is 2.21. The van der Waals surface area contributed by atoms with Crippen molar-refractivity contribution in [2.75, 3.05) is 37.0 Å². The van der Waals surface area contributed by atoms with Crippen LogP contribution >= 0.6 is 12.0 Å². The Labute approximate surface area is 151 Å². The number of rotatable bonds is 10. The molecule has 4 N–H and O–H groups in total. The van der Waals surface area contributed by atoms with Gasteiger partial charge in [-0.05, 0) is 42.5 Å². The third-order valence-electron chi connectivity index (χ3n) is 3.08. The molecule has 0 saturated heterocycles. The lowest BCUT2D eigenvalue weighted by atomic mass is 10.3. The highest BCUT2D eigenvalue weighted by molar-refractivity contribution is 7.94. The van der Waals surface area contributed by atoms with Crippen molar-refractivity contribution in [1.29, 1.82) is 0 Å². The van der Waals surface area contributed by atoms with Crippen LogP contribution in [-0.2, 0) is 23.8 Å². The van der Waals surface area contributed by atoms with E-state index in [4.69, 9.17) is 25.4 Å². The molecule has 0 saturated carbocycles. The second kappa shape index (κ2) is 9.64. The van der Waals surface area contributed by atoms with Crippen LogP contribution in [0.2, 0.25) is 0 Å². The van der Waals surface area contributed by atoms with E-state index in [2.05, 4.69) is 0 Å². The van der Waals surface area contributed by atoms with E-state index in [0.29, 0.717) is 11.4 Å². The fourth-order valence-corrected chi connectivity index (χ4v) is 3.46. The third-order valence-corrected chi connectivity index (χ3v) is 5.39. The average molecular weight is 384 g/mol. The molecule has 0 fully saturated rings. The van der Waals surface area contributed by atoms with Gasteiger partial charge in [-0.15, -0.1) is 0 Å². The van der Waals surface area contributed by atoms with Gasteiger partial charge in [-0.25, -0.2) is 13.3 Å². The Morgan fingerprint density at radius 1 is 0.920 bits per heavy atom. The summed E-state index contributed by atoms with van der Waals surface area (Å²) in [6.07, 6.45) is 0. The van der Waals surface area contributed by atoms with E-state index in [1.807, 2.05) is 12.1 Å². The maximum atomic E-state index is 12.1. The minimum Gasteiger partial charge on any atom is -0.399 e. The Bertz CT molecular complexity index is 766. The van der Waals surface area contributed by atoms with Crippen molar-refractivity contribution in [2.24, 2.45) is 0 Å². The monoisotopic (exact) mass is 384 g/mol. The Hall–Kier alpha value is -1.78. The number of hydrogen-bond donors (Lipinski definition) is 2. The van der Waals surface area contributed by atoms with E-state index in [0.717, 1.165) is 16.9 Å². The van der Waals surface area contributed by atoms with Crippen molar-refractivity contribution in [1.82, 2.24) is 0 Å². The van der Waals surface area contributed by atoms with Gasteiger partial charge >= 0.3 is 0 Å². The summed E-state index contributed by atoms with van der Waals surface area (Å²) in [6, 6.07) is 13.2. The van der Waals surface area contributed by atoms with Crippen molar-refractivity contribution in [3.8, 4) is 0 Å². The molecule has 0 spiro atoms. The zero-order valence-corrected chi connectivity index (χ0v) is 15.1. The fraction of sp³-hybridized carbons (Fsp3) is 0.250. The average Bonchev–Trinajstić information content (AvgIpc) is 2.57. The zero-order chi connectivity index (χ0) is 18.1. The van der Waals surface area contributed by atoms with Gasteiger partial charge in [0.2, 0.25) is 0 Å². The summed E-state index contributed by atoms with van der Waals surface area (Å²) < 4.78 is 34.3. The maximum absolute atomic E-state index is 12.1. The number of nitrogens with two attached hydrogens (primary N) is 2. The first-order valence-corrected chi connectivity index (χ1v) is 9.84. The van der Waals surface area contributed by atoms with E-state index in [9.17, 15) is 8.42 Å². The lowest BCUT2D eigenvalue weighted by Crippen LogP contribution is -2.14. The Kier molecular flexibility index (Phi) is 7.53. The molecule has 0 aliphatic heterocycles. The lowest BCUT2D eigenvalue weighted by Gasteiger charge is -2.06. The van der Waals surface area contributed by atoms with Gasteiger partial charge in [0, 0.05) is 16.3 Å². The predicted molar refractivity (Wildman–Crippen MR) is 97.5 cm³/mol. The van der Waals surface area contributed by atoms with Crippen LogP contribution < -0.4 is 11.5 Å². The molecule has 2 rings (SSSR count). The molecule has 0 unspecified atom stereocenters. The molecule has 0 radical (unpaired) electrons. The Morgan fingerprint density at radius 2 is 1.68 bits per heavy atom. The molecular weight excluding hydrogens is 364 g/mol. The SMILES string of the molecule is Nc1ccc(S(=O)(=O)CCOCCOOSc2cccc(N)c2)cc1. The second-order valence-corrected chi connectivity index (χ2v) is 7.93. The summed E-state index contributed by atoms with van der Waals surface area (Å²) in [5.41, 5.74) is 12.3. The predicted octanol–water partition coefficient (Wildman–Crippen LogP) is 2.30. The largest absolute Gasteiger partial charge is 0.399 e. The molecule has 0 atom stereocenters. The Morgan fingerprint density at radius 3 is 2.40 bits per heavy atom. The molecule has 0 bridgehead atoms. The maximum Gasteiger partial charge on any atom is 0.180 e. The molecule has 0 aliphatic carbocycles. The van der Waals surface area contributed by atoms with Gasteiger partial charge in [0.05, 0.1) is 35.9 Å². The summed E-state index contributed by atoms with van der Waals surface area (Å²) in [6.45, 7) is 0.463. The lowest BCUT2D eigenvalue weighted by molar-refractivity contribution is -0.199. The molecule has 25 heavy (non-hydrogen) atoms. The standard InChI is InChI=1S/C16H20N2O5S2/c17-13-4-6-16(7-5-13)25(19,20)11-10-21-8-9-22-23-24-15-3-1-2-14(18)12-15/h1-7,12H,8-11,17-18H2. The Balaban J connectivity index is 1.58. The van der Waals surface area contributed by atoms with Crippen LogP contribution in [0.15, 0.2) is 58.3 Å². The second-order valence-electron chi connectivity index (χ2n) is 5.05. The molecule has 0 amide bonds. The van der Waals surface area contributed by atoms with Gasteiger partial charge in [-0.3, -0.25) is 0 Å². The molecule has 7 nitrogen and oxygen atoms in total. The van der Waals surface area contributed by atoms with E-state index >= 15 is 0 Å². The topological polar surface area (TPSA) is 114 Å². The number of sulfone groups is 1. The van der Waals surface area contributed by atoms with E-state index in [1.54, 1.807) is 24.3 Å². The van der Waals surface area contributed by atoms with Gasteiger partial charge < -0.3 is 16.2 Å². The van der Waals surface area contributed by atoms with Crippen LogP contribution in [-0.4, -0.2) is 34.0 Å². The number of nitrogen functional groups attached to an aromatic ring is 2. The van der Waals surface area contributed by atoms with Crippen molar-refractivity contribution in [3.05, 3.63) is 48.5 Å². The van der Waals surface area contributed by atoms with Gasteiger partial charge in [0.1, 0.15) is 6.61 Å². The number of ether oxygens (including phenoxy) is 1. The van der Waals surface area contributed by atoms with Crippen LogP contribution in [0.1, 0.15) is 0 Å². The van der Waals surface area contributed by atoms with Crippen molar-refractivity contribution < 1.29 is 22.4 Å². The van der Waals surface area contributed by atoms with Crippen LogP contribution in [0, 0.1) is 0 Å². The van der Waals surface area contributed by atoms with Gasteiger partial charge in [-0.2, -0.15) is 4.33 Å². The van der Waals surface area contributed by atoms with E-state index in [1.165, 1.54) is 12.1 Å². The van der Waals surface area contributed by atoms with Crippen LogP contribution in [0.4, 0.5) is 11.4 Å². The summed E-state index contributed by atoms with van der Waals surface area (Å²) in [5, 5.41) is 0. The minimum absolute atomic E-state index is 0.0679. The molecule has 9 heteroatoms. The first-order valence-electron chi connectivity index (χ1n) is 7.45. The molecule has 2 aromatic carbocycles. The quantitative estimate of drug-likeness (QED) is 0.211. The molecule has 0 aromatic heterocycles. The van der Waals surface area contributed by atoms with E-state index < -0.39 is 9.84 Å². The van der Waals surface area contributed by atoms with Crippen LogP contribution in [0.25, 0.3) is 0 Å². The van der Waals surface area contributed by atoms with Crippen molar-refractivity contribution in [2.45, 2.75) is 9.79 Å².